The van der Waals surface area contributed by atoms with Gasteiger partial charge in [-0.25, -0.2) is 9.59 Å². The first-order valence-corrected chi connectivity index (χ1v) is 9.68. The molecule has 0 bridgehead atoms. The van der Waals surface area contributed by atoms with E-state index in [4.69, 9.17) is 4.74 Å². The molecule has 0 aromatic heterocycles. The van der Waals surface area contributed by atoms with Gasteiger partial charge in [0.1, 0.15) is 0 Å². The molecule has 6 nitrogen and oxygen atoms in total. The maximum atomic E-state index is 12.8. The van der Waals surface area contributed by atoms with Gasteiger partial charge in [-0.05, 0) is 43.4 Å². The lowest BCUT2D eigenvalue weighted by molar-refractivity contribution is -0.141. The third kappa shape index (κ3) is 4.62. The predicted molar refractivity (Wildman–Crippen MR) is 105 cm³/mol. The van der Waals surface area contributed by atoms with Crippen molar-refractivity contribution in [2.24, 2.45) is 5.92 Å². The van der Waals surface area contributed by atoms with Crippen LogP contribution in [0.15, 0.2) is 35.5 Å². The highest BCUT2D eigenvalue weighted by atomic mass is 16.5. The molecular formula is C21H29N3O3. The summed E-state index contributed by atoms with van der Waals surface area (Å²) in [5.41, 5.74) is 2.94. The average molecular weight is 371 g/mol. The summed E-state index contributed by atoms with van der Waals surface area (Å²) in [6.45, 7) is 2.20. The molecule has 2 N–H and O–H groups in total. The fourth-order valence-corrected chi connectivity index (χ4v) is 3.80. The van der Waals surface area contributed by atoms with E-state index >= 15 is 0 Å². The summed E-state index contributed by atoms with van der Waals surface area (Å²) in [6, 6.07) is 7.01. The molecular weight excluding hydrogens is 342 g/mol. The molecule has 27 heavy (non-hydrogen) atoms. The predicted octanol–water partition coefficient (Wildman–Crippen LogP) is 3.50. The molecule has 1 unspecified atom stereocenters. The first kappa shape index (κ1) is 19.3. The van der Waals surface area contributed by atoms with E-state index in [1.54, 1.807) is 6.92 Å². The lowest BCUT2D eigenvalue weighted by Gasteiger charge is -2.29. The number of amides is 2. The quantitative estimate of drug-likeness (QED) is 0.777. The molecule has 1 aromatic rings. The van der Waals surface area contributed by atoms with E-state index < -0.39 is 6.04 Å². The van der Waals surface area contributed by atoms with Gasteiger partial charge in [-0.3, -0.25) is 0 Å². The molecule has 3 rings (SSSR count). The highest BCUT2D eigenvalue weighted by Gasteiger charge is 2.32. The number of urea groups is 1. The van der Waals surface area contributed by atoms with Crippen molar-refractivity contribution in [2.75, 3.05) is 25.6 Å². The normalized spacial score (nSPS) is 20.7. The number of benzene rings is 1. The highest BCUT2D eigenvalue weighted by Crippen LogP contribution is 2.30. The van der Waals surface area contributed by atoms with Crippen LogP contribution in [0.1, 0.15) is 50.6 Å². The highest BCUT2D eigenvalue weighted by molar-refractivity contribution is 5.95. The van der Waals surface area contributed by atoms with Crippen LogP contribution in [0.3, 0.4) is 0 Å². The Bertz CT molecular complexity index is 719. The SMILES string of the molecule is CC1=C(C(=O)OCC2CCCCC2)C(c2ccc(N(C)C)cc2)NC(=O)N1. The van der Waals surface area contributed by atoms with Crippen LogP contribution in [0, 0.1) is 5.92 Å². The number of anilines is 1. The molecule has 146 valence electrons. The molecule has 1 aliphatic heterocycles. The molecule has 1 atom stereocenters. The van der Waals surface area contributed by atoms with Crippen LogP contribution < -0.4 is 15.5 Å². The number of nitrogens with one attached hydrogen (secondary N) is 2. The monoisotopic (exact) mass is 371 g/mol. The van der Waals surface area contributed by atoms with Gasteiger partial charge in [-0.1, -0.05) is 31.4 Å². The second-order valence-corrected chi connectivity index (χ2v) is 7.66. The van der Waals surface area contributed by atoms with Crippen LogP contribution in [-0.2, 0) is 9.53 Å². The second-order valence-electron chi connectivity index (χ2n) is 7.66. The van der Waals surface area contributed by atoms with Gasteiger partial charge in [0.15, 0.2) is 0 Å². The van der Waals surface area contributed by atoms with E-state index in [1.807, 2.05) is 43.3 Å². The number of allylic oxidation sites excluding steroid dienone is 1. The Morgan fingerprint density at radius 1 is 1.15 bits per heavy atom. The largest absolute Gasteiger partial charge is 0.462 e. The van der Waals surface area contributed by atoms with E-state index in [-0.39, 0.29) is 12.0 Å². The summed E-state index contributed by atoms with van der Waals surface area (Å²) >= 11 is 0. The Hall–Kier alpha value is -2.50. The Labute approximate surface area is 161 Å². The van der Waals surface area contributed by atoms with Crippen molar-refractivity contribution >= 4 is 17.7 Å². The van der Waals surface area contributed by atoms with Crippen molar-refractivity contribution < 1.29 is 14.3 Å². The molecule has 1 saturated carbocycles. The minimum absolute atomic E-state index is 0.307. The second kappa shape index (κ2) is 8.46. The number of carbonyl (C=O) groups is 2. The zero-order valence-electron chi connectivity index (χ0n) is 16.4. The molecule has 0 radical (unpaired) electrons. The maximum Gasteiger partial charge on any atom is 0.338 e. The average Bonchev–Trinajstić information content (AvgIpc) is 2.66. The number of ether oxygens (including phenoxy) is 1. The lowest BCUT2D eigenvalue weighted by atomic mass is 9.90. The standard InChI is InChI=1S/C21H29N3O3/c1-14-18(20(25)27-13-15-7-5-4-6-8-15)19(23-21(26)22-14)16-9-11-17(12-10-16)24(2)3/h9-12,15,19H,4-8,13H2,1-3H3,(H2,22,23,26). The number of carbonyl (C=O) groups excluding carboxylic acids is 2. The van der Waals surface area contributed by atoms with E-state index in [1.165, 1.54) is 19.3 Å². The Morgan fingerprint density at radius 2 is 1.81 bits per heavy atom. The van der Waals surface area contributed by atoms with Crippen molar-refractivity contribution in [1.82, 2.24) is 10.6 Å². The number of esters is 1. The number of nitrogens with zero attached hydrogens (tertiary/aromatic N) is 1. The molecule has 1 aromatic carbocycles. The molecule has 1 heterocycles. The first-order valence-electron chi connectivity index (χ1n) is 9.68. The minimum atomic E-state index is -0.506. The van der Waals surface area contributed by atoms with Gasteiger partial charge in [0.05, 0.1) is 18.2 Å². The maximum absolute atomic E-state index is 12.8. The van der Waals surface area contributed by atoms with Gasteiger partial charge >= 0.3 is 12.0 Å². The summed E-state index contributed by atoms with van der Waals surface area (Å²) < 4.78 is 5.64. The van der Waals surface area contributed by atoms with Crippen molar-refractivity contribution in [1.29, 1.82) is 0 Å². The van der Waals surface area contributed by atoms with Crippen molar-refractivity contribution in [3.05, 3.63) is 41.1 Å². The fraction of sp³-hybridized carbons (Fsp3) is 0.524. The van der Waals surface area contributed by atoms with Crippen LogP contribution >= 0.6 is 0 Å². The molecule has 2 amide bonds. The third-order valence-corrected chi connectivity index (χ3v) is 5.41. The minimum Gasteiger partial charge on any atom is -0.462 e. The van der Waals surface area contributed by atoms with E-state index in [2.05, 4.69) is 10.6 Å². The van der Waals surface area contributed by atoms with Gasteiger partial charge in [-0.15, -0.1) is 0 Å². The van der Waals surface area contributed by atoms with Crippen LogP contribution in [-0.4, -0.2) is 32.7 Å². The van der Waals surface area contributed by atoms with E-state index in [0.717, 1.165) is 24.1 Å². The summed E-state index contributed by atoms with van der Waals surface area (Å²) in [6.07, 6.45) is 5.94. The van der Waals surface area contributed by atoms with E-state index in [0.29, 0.717) is 23.8 Å². The van der Waals surface area contributed by atoms with Crippen LogP contribution in [0.4, 0.5) is 10.5 Å². The topological polar surface area (TPSA) is 70.7 Å². The van der Waals surface area contributed by atoms with Crippen LogP contribution in [0.2, 0.25) is 0 Å². The van der Waals surface area contributed by atoms with Gasteiger partial charge in [0.2, 0.25) is 0 Å². The molecule has 0 spiro atoms. The summed E-state index contributed by atoms with van der Waals surface area (Å²) in [7, 11) is 3.94. The van der Waals surface area contributed by atoms with Gasteiger partial charge in [-0.2, -0.15) is 0 Å². The molecule has 1 aliphatic carbocycles. The van der Waals surface area contributed by atoms with Crippen LogP contribution in [0.5, 0.6) is 0 Å². The van der Waals surface area contributed by atoms with Crippen molar-refractivity contribution in [3.63, 3.8) is 0 Å². The zero-order valence-corrected chi connectivity index (χ0v) is 16.4. The Morgan fingerprint density at radius 3 is 2.44 bits per heavy atom. The van der Waals surface area contributed by atoms with E-state index in [9.17, 15) is 9.59 Å². The molecule has 6 heteroatoms. The summed E-state index contributed by atoms with van der Waals surface area (Å²) in [5.74, 6) is 0.0971. The number of rotatable bonds is 5. The molecule has 1 fully saturated rings. The number of hydrogen-bond acceptors (Lipinski definition) is 4. The first-order chi connectivity index (χ1) is 13.0. The Balaban J connectivity index is 1.77. The fourth-order valence-electron chi connectivity index (χ4n) is 3.80. The molecule has 2 aliphatic rings. The van der Waals surface area contributed by atoms with Gasteiger partial charge < -0.3 is 20.3 Å². The summed E-state index contributed by atoms with van der Waals surface area (Å²) in [5, 5.41) is 5.56. The van der Waals surface area contributed by atoms with Crippen LogP contribution in [0.25, 0.3) is 0 Å². The zero-order chi connectivity index (χ0) is 19.4. The summed E-state index contributed by atoms with van der Waals surface area (Å²) in [4.78, 5) is 26.8. The van der Waals surface area contributed by atoms with Gasteiger partial charge in [0, 0.05) is 25.5 Å². The third-order valence-electron chi connectivity index (χ3n) is 5.41. The van der Waals surface area contributed by atoms with Crippen molar-refractivity contribution in [2.45, 2.75) is 45.1 Å². The van der Waals surface area contributed by atoms with Gasteiger partial charge in [0.25, 0.3) is 0 Å². The molecule has 0 saturated heterocycles. The Kier molecular flexibility index (Phi) is 6.04. The smallest absolute Gasteiger partial charge is 0.338 e. The van der Waals surface area contributed by atoms with Crippen molar-refractivity contribution in [3.8, 4) is 0 Å². The lowest BCUT2D eigenvalue weighted by Crippen LogP contribution is -2.45. The number of hydrogen-bond donors (Lipinski definition) is 2.